The Morgan fingerprint density at radius 3 is 2.85 bits per heavy atom. The summed E-state index contributed by atoms with van der Waals surface area (Å²) in [4.78, 5) is 0. The highest BCUT2D eigenvalue weighted by Crippen LogP contribution is 2.29. The predicted molar refractivity (Wildman–Crippen MR) is 77.0 cm³/mol. The van der Waals surface area contributed by atoms with E-state index in [-0.39, 0.29) is 11.8 Å². The smallest absolute Gasteiger partial charge is 0.218 e. The zero-order valence-electron chi connectivity index (χ0n) is 12.0. The topological polar surface area (TPSA) is 59.8 Å². The van der Waals surface area contributed by atoms with Crippen molar-refractivity contribution in [1.82, 2.24) is 4.31 Å². The maximum Gasteiger partial charge on any atom is 0.218 e. The molecule has 1 aliphatic heterocycles. The first-order valence-electron chi connectivity index (χ1n) is 6.74. The molecular weight excluding hydrogens is 278 g/mol. The summed E-state index contributed by atoms with van der Waals surface area (Å²) in [6.45, 7) is 8.49. The van der Waals surface area contributed by atoms with Crippen molar-refractivity contribution in [1.29, 1.82) is 0 Å². The van der Waals surface area contributed by atoms with Crippen molar-refractivity contribution >= 4 is 10.0 Å². The summed E-state index contributed by atoms with van der Waals surface area (Å²) < 4.78 is 37.4. The number of furan rings is 1. The van der Waals surface area contributed by atoms with Gasteiger partial charge in [-0.05, 0) is 19.1 Å². The molecule has 0 radical (unpaired) electrons. The molecule has 1 saturated heterocycles. The highest BCUT2D eigenvalue weighted by atomic mass is 32.2. The second kappa shape index (κ2) is 6.11. The third kappa shape index (κ3) is 3.31. The van der Waals surface area contributed by atoms with E-state index in [1.54, 1.807) is 6.92 Å². The number of hydrogen-bond donors (Lipinski definition) is 0. The summed E-state index contributed by atoms with van der Waals surface area (Å²) in [6, 6.07) is 3.34. The molecule has 0 saturated carbocycles. The molecule has 0 bridgehead atoms. The lowest BCUT2D eigenvalue weighted by molar-refractivity contribution is 0.0242. The maximum atomic E-state index is 12.4. The monoisotopic (exact) mass is 299 g/mol. The first-order valence-corrected chi connectivity index (χ1v) is 8.35. The number of morpholine rings is 1. The van der Waals surface area contributed by atoms with Gasteiger partial charge in [0.25, 0.3) is 0 Å². The van der Waals surface area contributed by atoms with E-state index in [0.717, 1.165) is 12.2 Å². The Kier molecular flexibility index (Phi) is 4.67. The van der Waals surface area contributed by atoms with Crippen molar-refractivity contribution < 1.29 is 17.6 Å². The summed E-state index contributed by atoms with van der Waals surface area (Å²) in [7, 11) is -3.38. The van der Waals surface area contributed by atoms with Crippen molar-refractivity contribution in [3.05, 3.63) is 35.8 Å². The minimum absolute atomic E-state index is 0.0369. The lowest BCUT2D eigenvalue weighted by Gasteiger charge is -2.33. The van der Waals surface area contributed by atoms with Crippen LogP contribution in [0.25, 0.3) is 0 Å². The van der Waals surface area contributed by atoms with Crippen LogP contribution in [0, 0.1) is 0 Å². The van der Waals surface area contributed by atoms with Crippen LogP contribution in [0.3, 0.4) is 0 Å². The second-order valence-corrected chi connectivity index (χ2v) is 6.99. The van der Waals surface area contributed by atoms with Gasteiger partial charge < -0.3 is 9.15 Å². The summed E-state index contributed by atoms with van der Waals surface area (Å²) >= 11 is 0. The molecule has 20 heavy (non-hydrogen) atoms. The lowest BCUT2D eigenvalue weighted by atomic mass is 10.2. The van der Waals surface area contributed by atoms with E-state index in [9.17, 15) is 8.42 Å². The highest BCUT2D eigenvalue weighted by molar-refractivity contribution is 7.89. The van der Waals surface area contributed by atoms with Gasteiger partial charge >= 0.3 is 0 Å². The summed E-state index contributed by atoms with van der Waals surface area (Å²) in [5.41, 5.74) is 0.629. The normalized spacial score (nSPS) is 21.0. The minimum atomic E-state index is -3.38. The molecule has 0 aliphatic carbocycles. The van der Waals surface area contributed by atoms with Gasteiger partial charge in [-0.15, -0.1) is 0 Å². The third-order valence-electron chi connectivity index (χ3n) is 3.22. The first kappa shape index (κ1) is 15.3. The van der Waals surface area contributed by atoms with Crippen LogP contribution >= 0.6 is 0 Å². The Balaban J connectivity index is 2.27. The second-order valence-electron chi connectivity index (χ2n) is 5.07. The molecule has 1 atom stereocenters. The SMILES string of the molecule is C=C(C)CS(=O)(=O)N1CCOCC1c1ccc(CC)o1. The number of nitrogens with zero attached hydrogens (tertiary/aromatic N) is 1. The molecule has 0 aromatic carbocycles. The fourth-order valence-corrected chi connectivity index (χ4v) is 4.00. The number of sulfonamides is 1. The molecule has 0 spiro atoms. The van der Waals surface area contributed by atoms with Crippen molar-refractivity contribution in [2.24, 2.45) is 0 Å². The molecule has 1 unspecified atom stereocenters. The molecule has 112 valence electrons. The Labute approximate surface area is 120 Å². The number of hydrogen-bond acceptors (Lipinski definition) is 4. The molecule has 1 fully saturated rings. The fourth-order valence-electron chi connectivity index (χ4n) is 2.30. The average Bonchev–Trinajstić information content (AvgIpc) is 2.86. The molecular formula is C14H21NO4S. The van der Waals surface area contributed by atoms with E-state index in [4.69, 9.17) is 9.15 Å². The van der Waals surface area contributed by atoms with Crippen molar-refractivity contribution in [3.8, 4) is 0 Å². The van der Waals surface area contributed by atoms with E-state index in [2.05, 4.69) is 6.58 Å². The molecule has 1 aliphatic rings. The first-order chi connectivity index (χ1) is 9.44. The Morgan fingerprint density at radius 2 is 2.25 bits per heavy atom. The zero-order valence-corrected chi connectivity index (χ0v) is 12.8. The number of aryl methyl sites for hydroxylation is 1. The number of ether oxygens (including phenoxy) is 1. The standard InChI is InChI=1S/C14H21NO4S/c1-4-12-5-6-14(19-12)13-9-18-8-7-15(13)20(16,17)10-11(2)3/h5-6,13H,2,4,7-10H2,1,3H3. The van der Waals surface area contributed by atoms with Gasteiger partial charge in [0.15, 0.2) is 0 Å². The van der Waals surface area contributed by atoms with Crippen LogP contribution in [0.15, 0.2) is 28.7 Å². The lowest BCUT2D eigenvalue weighted by Crippen LogP contribution is -2.44. The minimum Gasteiger partial charge on any atom is -0.464 e. The van der Waals surface area contributed by atoms with Crippen LogP contribution in [0.2, 0.25) is 0 Å². The van der Waals surface area contributed by atoms with Crippen LogP contribution in [0.4, 0.5) is 0 Å². The predicted octanol–water partition coefficient (Wildman–Crippen LogP) is 2.12. The van der Waals surface area contributed by atoms with E-state index in [1.165, 1.54) is 4.31 Å². The summed E-state index contributed by atoms with van der Waals surface area (Å²) in [5, 5.41) is 0. The van der Waals surface area contributed by atoms with Gasteiger partial charge in [0.05, 0.1) is 19.0 Å². The molecule has 5 nitrogen and oxygen atoms in total. The van der Waals surface area contributed by atoms with E-state index in [0.29, 0.717) is 31.1 Å². The maximum absolute atomic E-state index is 12.4. The quantitative estimate of drug-likeness (QED) is 0.781. The van der Waals surface area contributed by atoms with Gasteiger partial charge in [-0.25, -0.2) is 8.42 Å². The van der Waals surface area contributed by atoms with Gasteiger partial charge in [-0.2, -0.15) is 4.31 Å². The van der Waals surface area contributed by atoms with Crippen LogP contribution < -0.4 is 0 Å². The average molecular weight is 299 g/mol. The summed E-state index contributed by atoms with van der Waals surface area (Å²) in [5.74, 6) is 1.46. The van der Waals surface area contributed by atoms with Gasteiger partial charge in [0.1, 0.15) is 17.6 Å². The van der Waals surface area contributed by atoms with E-state index in [1.807, 2.05) is 19.1 Å². The van der Waals surface area contributed by atoms with Gasteiger partial charge in [-0.1, -0.05) is 19.1 Å². The third-order valence-corrected chi connectivity index (χ3v) is 5.23. The van der Waals surface area contributed by atoms with Crippen molar-refractivity contribution in [2.45, 2.75) is 26.3 Å². The van der Waals surface area contributed by atoms with Crippen molar-refractivity contribution in [2.75, 3.05) is 25.5 Å². The zero-order chi connectivity index (χ0) is 14.8. The molecule has 2 rings (SSSR count). The van der Waals surface area contributed by atoms with Gasteiger partial charge in [0.2, 0.25) is 10.0 Å². The van der Waals surface area contributed by atoms with Crippen LogP contribution in [-0.2, 0) is 21.2 Å². The highest BCUT2D eigenvalue weighted by Gasteiger charge is 2.35. The van der Waals surface area contributed by atoms with Crippen LogP contribution in [-0.4, -0.2) is 38.2 Å². The molecule has 1 aromatic rings. The Bertz CT molecular complexity index is 576. The molecule has 2 heterocycles. The van der Waals surface area contributed by atoms with E-state index < -0.39 is 10.0 Å². The van der Waals surface area contributed by atoms with Crippen LogP contribution in [0.5, 0.6) is 0 Å². The number of rotatable bonds is 5. The molecule has 1 aromatic heterocycles. The summed E-state index contributed by atoms with van der Waals surface area (Å²) in [6.07, 6.45) is 0.784. The van der Waals surface area contributed by atoms with Gasteiger partial charge in [0, 0.05) is 13.0 Å². The molecule has 0 N–H and O–H groups in total. The Morgan fingerprint density at radius 1 is 1.50 bits per heavy atom. The Hall–Kier alpha value is -1.11. The van der Waals surface area contributed by atoms with E-state index >= 15 is 0 Å². The van der Waals surface area contributed by atoms with Crippen LogP contribution in [0.1, 0.15) is 31.4 Å². The van der Waals surface area contributed by atoms with Crippen molar-refractivity contribution in [3.63, 3.8) is 0 Å². The largest absolute Gasteiger partial charge is 0.464 e. The van der Waals surface area contributed by atoms with Gasteiger partial charge in [-0.3, -0.25) is 0 Å². The molecule has 0 amide bonds. The molecule has 6 heteroatoms. The fraction of sp³-hybridized carbons (Fsp3) is 0.571.